The molecule has 1 heterocycles. The van der Waals surface area contributed by atoms with Gasteiger partial charge in [-0.2, -0.15) is 0 Å². The van der Waals surface area contributed by atoms with Crippen LogP contribution in [0.3, 0.4) is 0 Å². The number of carbonyl (C=O) groups is 2. The van der Waals surface area contributed by atoms with Crippen molar-refractivity contribution in [2.75, 3.05) is 0 Å². The summed E-state index contributed by atoms with van der Waals surface area (Å²) in [5.74, 6) is 0.488. The van der Waals surface area contributed by atoms with Crippen molar-refractivity contribution in [3.05, 3.63) is 53.9 Å². The SMILES string of the molecule is NC(=O)c1ccc(Oc2cncc(C=O)c2)cc1. The summed E-state index contributed by atoms with van der Waals surface area (Å²) in [6, 6.07) is 7.94. The minimum atomic E-state index is -0.494. The minimum Gasteiger partial charge on any atom is -0.456 e. The van der Waals surface area contributed by atoms with Crippen LogP contribution < -0.4 is 10.5 Å². The van der Waals surface area contributed by atoms with E-state index < -0.39 is 5.91 Å². The number of benzene rings is 1. The Bertz CT molecular complexity index is 579. The maximum atomic E-state index is 10.9. The lowest BCUT2D eigenvalue weighted by atomic mass is 10.2. The highest BCUT2D eigenvalue weighted by atomic mass is 16.5. The Hall–Kier alpha value is -2.69. The van der Waals surface area contributed by atoms with Crippen molar-refractivity contribution >= 4 is 12.2 Å². The van der Waals surface area contributed by atoms with Crippen LogP contribution in [-0.4, -0.2) is 17.2 Å². The van der Waals surface area contributed by atoms with E-state index in [1.54, 1.807) is 30.3 Å². The molecule has 2 rings (SSSR count). The molecule has 90 valence electrons. The van der Waals surface area contributed by atoms with Crippen molar-refractivity contribution in [3.63, 3.8) is 0 Å². The van der Waals surface area contributed by atoms with E-state index in [4.69, 9.17) is 10.5 Å². The van der Waals surface area contributed by atoms with Gasteiger partial charge in [-0.25, -0.2) is 0 Å². The summed E-state index contributed by atoms with van der Waals surface area (Å²) in [5.41, 5.74) is 5.96. The van der Waals surface area contributed by atoms with Crippen LogP contribution in [0, 0.1) is 0 Å². The monoisotopic (exact) mass is 242 g/mol. The predicted octanol–water partition coefficient (Wildman–Crippen LogP) is 1.79. The lowest BCUT2D eigenvalue weighted by Crippen LogP contribution is -2.10. The molecule has 1 amide bonds. The first-order valence-corrected chi connectivity index (χ1v) is 5.17. The second-order valence-electron chi connectivity index (χ2n) is 3.56. The van der Waals surface area contributed by atoms with Gasteiger partial charge in [0, 0.05) is 17.3 Å². The van der Waals surface area contributed by atoms with E-state index in [9.17, 15) is 9.59 Å². The summed E-state index contributed by atoms with van der Waals surface area (Å²) >= 11 is 0. The largest absolute Gasteiger partial charge is 0.456 e. The lowest BCUT2D eigenvalue weighted by molar-refractivity contribution is 0.1000. The average molecular weight is 242 g/mol. The summed E-state index contributed by atoms with van der Waals surface area (Å²) in [6.07, 6.45) is 3.63. The third kappa shape index (κ3) is 2.70. The molecule has 1 aromatic heterocycles. The summed E-state index contributed by atoms with van der Waals surface area (Å²) in [6.45, 7) is 0. The fraction of sp³-hybridized carbons (Fsp3) is 0. The lowest BCUT2D eigenvalue weighted by Gasteiger charge is -2.05. The topological polar surface area (TPSA) is 82.3 Å². The first kappa shape index (κ1) is 11.8. The number of pyridine rings is 1. The van der Waals surface area contributed by atoms with Crippen LogP contribution in [0.15, 0.2) is 42.7 Å². The fourth-order valence-electron chi connectivity index (χ4n) is 1.38. The molecule has 0 aliphatic heterocycles. The standard InChI is InChI=1S/C13H10N2O3/c14-13(17)10-1-3-11(4-2-10)18-12-5-9(8-16)6-15-7-12/h1-8H,(H2,14,17). The van der Waals surface area contributed by atoms with Crippen molar-refractivity contribution in [3.8, 4) is 11.5 Å². The van der Waals surface area contributed by atoms with Crippen molar-refractivity contribution < 1.29 is 14.3 Å². The minimum absolute atomic E-state index is 0.405. The van der Waals surface area contributed by atoms with E-state index in [-0.39, 0.29) is 0 Å². The van der Waals surface area contributed by atoms with Gasteiger partial charge in [0.15, 0.2) is 6.29 Å². The molecule has 0 saturated heterocycles. The molecule has 2 aromatic rings. The molecule has 18 heavy (non-hydrogen) atoms. The van der Waals surface area contributed by atoms with Crippen LogP contribution in [-0.2, 0) is 0 Å². The van der Waals surface area contributed by atoms with Gasteiger partial charge in [-0.05, 0) is 30.3 Å². The molecule has 2 N–H and O–H groups in total. The first-order chi connectivity index (χ1) is 8.69. The van der Waals surface area contributed by atoms with Gasteiger partial charge in [0.25, 0.3) is 0 Å². The quantitative estimate of drug-likeness (QED) is 0.828. The van der Waals surface area contributed by atoms with Crippen molar-refractivity contribution in [2.45, 2.75) is 0 Å². The zero-order valence-corrected chi connectivity index (χ0v) is 9.37. The number of nitrogens with two attached hydrogens (primary N) is 1. The molecular formula is C13H10N2O3. The van der Waals surface area contributed by atoms with Gasteiger partial charge in [-0.3, -0.25) is 14.6 Å². The van der Waals surface area contributed by atoms with Crippen molar-refractivity contribution in [2.24, 2.45) is 5.73 Å². The Labute approximate surface area is 103 Å². The fourth-order valence-corrected chi connectivity index (χ4v) is 1.38. The second kappa shape index (κ2) is 5.09. The number of primary amides is 1. The second-order valence-corrected chi connectivity index (χ2v) is 3.56. The normalized spacial score (nSPS) is 9.78. The summed E-state index contributed by atoms with van der Waals surface area (Å²) < 4.78 is 5.48. The third-order valence-corrected chi connectivity index (χ3v) is 2.24. The summed E-state index contributed by atoms with van der Waals surface area (Å²) in [5, 5.41) is 0. The molecule has 0 saturated carbocycles. The number of aldehydes is 1. The van der Waals surface area contributed by atoms with Gasteiger partial charge in [0.05, 0.1) is 6.20 Å². The van der Waals surface area contributed by atoms with Crippen LogP contribution in [0.5, 0.6) is 11.5 Å². The highest BCUT2D eigenvalue weighted by Crippen LogP contribution is 2.21. The molecule has 0 fully saturated rings. The van der Waals surface area contributed by atoms with Crippen LogP contribution in [0.4, 0.5) is 0 Å². The smallest absolute Gasteiger partial charge is 0.248 e. The Morgan fingerprint density at radius 3 is 2.50 bits per heavy atom. The molecule has 0 atom stereocenters. The number of ether oxygens (including phenoxy) is 1. The molecule has 0 unspecified atom stereocenters. The van der Waals surface area contributed by atoms with Crippen LogP contribution in [0.2, 0.25) is 0 Å². The number of aromatic nitrogens is 1. The maximum Gasteiger partial charge on any atom is 0.248 e. The number of hydrogen-bond acceptors (Lipinski definition) is 4. The highest BCUT2D eigenvalue weighted by molar-refractivity contribution is 5.92. The number of amides is 1. The molecule has 0 aliphatic rings. The molecule has 0 bridgehead atoms. The third-order valence-electron chi connectivity index (χ3n) is 2.24. The first-order valence-electron chi connectivity index (χ1n) is 5.17. The van der Waals surface area contributed by atoms with Gasteiger partial charge in [0.1, 0.15) is 11.5 Å². The number of rotatable bonds is 4. The number of hydrogen-bond donors (Lipinski definition) is 1. The van der Waals surface area contributed by atoms with E-state index in [2.05, 4.69) is 4.98 Å². The van der Waals surface area contributed by atoms with Crippen LogP contribution in [0.25, 0.3) is 0 Å². The number of carbonyl (C=O) groups excluding carboxylic acids is 2. The van der Waals surface area contributed by atoms with E-state index in [0.29, 0.717) is 28.9 Å². The Morgan fingerprint density at radius 1 is 1.17 bits per heavy atom. The summed E-state index contributed by atoms with van der Waals surface area (Å²) in [7, 11) is 0. The zero-order chi connectivity index (χ0) is 13.0. The maximum absolute atomic E-state index is 10.9. The van der Waals surface area contributed by atoms with Crippen molar-refractivity contribution in [1.29, 1.82) is 0 Å². The Kier molecular flexibility index (Phi) is 3.33. The van der Waals surface area contributed by atoms with Gasteiger partial charge < -0.3 is 10.5 Å². The van der Waals surface area contributed by atoms with Crippen molar-refractivity contribution in [1.82, 2.24) is 4.98 Å². The van der Waals surface area contributed by atoms with Gasteiger partial charge in [-0.1, -0.05) is 0 Å². The Balaban J connectivity index is 2.17. The van der Waals surface area contributed by atoms with Gasteiger partial charge in [0.2, 0.25) is 5.91 Å². The number of nitrogens with zero attached hydrogens (tertiary/aromatic N) is 1. The van der Waals surface area contributed by atoms with E-state index >= 15 is 0 Å². The molecular weight excluding hydrogens is 232 g/mol. The zero-order valence-electron chi connectivity index (χ0n) is 9.37. The molecule has 5 heteroatoms. The van der Waals surface area contributed by atoms with E-state index in [0.717, 1.165) is 0 Å². The average Bonchev–Trinajstić information content (AvgIpc) is 2.39. The molecule has 1 aromatic carbocycles. The molecule has 0 radical (unpaired) electrons. The summed E-state index contributed by atoms with van der Waals surface area (Å²) in [4.78, 5) is 25.3. The highest BCUT2D eigenvalue weighted by Gasteiger charge is 2.02. The molecule has 0 spiro atoms. The predicted molar refractivity (Wildman–Crippen MR) is 64.7 cm³/mol. The van der Waals surface area contributed by atoms with Crippen LogP contribution >= 0.6 is 0 Å². The Morgan fingerprint density at radius 2 is 1.89 bits per heavy atom. The van der Waals surface area contributed by atoms with E-state index in [1.807, 2.05) is 0 Å². The molecule has 0 aliphatic carbocycles. The van der Waals surface area contributed by atoms with E-state index in [1.165, 1.54) is 12.4 Å². The van der Waals surface area contributed by atoms with Gasteiger partial charge in [-0.15, -0.1) is 0 Å². The van der Waals surface area contributed by atoms with Crippen LogP contribution in [0.1, 0.15) is 20.7 Å². The molecule has 5 nitrogen and oxygen atoms in total. The van der Waals surface area contributed by atoms with Gasteiger partial charge >= 0.3 is 0 Å².